The summed E-state index contributed by atoms with van der Waals surface area (Å²) in [6.07, 6.45) is 6.05. The average molecular weight is 1950 g/mol. The first-order chi connectivity index (χ1) is 68.7. The first-order valence-corrected chi connectivity index (χ1v) is 50.6. The number of ether oxygens (including phenoxy) is 7. The Bertz CT molecular complexity index is 6190. The lowest BCUT2D eigenvalue weighted by Gasteiger charge is -2.17. The van der Waals surface area contributed by atoms with Gasteiger partial charge in [0.15, 0.2) is 0 Å². The number of nitrogens with one attached hydrogen (secondary N) is 6. The maximum atomic E-state index is 11.9. The Balaban J connectivity index is 0.000000211. The SMILES string of the molecule is CCC(=O)Nc1cccc(C)c1COc1cc(C)c(C)cc1C.CCC(=O)Nc1cccc(C)c1COc1cc(C)c(C)cc1C.CCC(=O)Nc1cccc(C2CC2)c1COc1cc(C)c(C)cc1C.CCC(=O)Nc1cccc(CC)c1COc1cc(C)c(C)cc1C.CCC(=O)Nc1cccc(CO)c1COc1cc(C)c(C)cc1C.CCOc1cccc(NC(=O)CC)c1COc1cc(C)c(C)cc1C. The molecule has 12 aromatic rings. The number of aliphatic hydroxyl groups is 1. The summed E-state index contributed by atoms with van der Waals surface area (Å²) in [5.74, 6) is 6.61. The molecule has 7 N–H and O–H groups in total. The van der Waals surface area contributed by atoms with Gasteiger partial charge >= 0.3 is 0 Å². The molecule has 1 aliphatic carbocycles. The van der Waals surface area contributed by atoms with Crippen molar-refractivity contribution in [2.45, 2.75) is 304 Å². The minimum atomic E-state index is -0.0968. The fourth-order valence-electron chi connectivity index (χ4n) is 16.0. The molecule has 6 amide bonds. The van der Waals surface area contributed by atoms with Crippen LogP contribution in [0.15, 0.2) is 182 Å². The van der Waals surface area contributed by atoms with Gasteiger partial charge in [0.1, 0.15) is 79.9 Å². The molecule has 0 radical (unpaired) electrons. The molecule has 20 nitrogen and oxygen atoms in total. The lowest BCUT2D eigenvalue weighted by Crippen LogP contribution is -2.13. The lowest BCUT2D eigenvalue weighted by atomic mass is 10.0. The third-order valence-corrected chi connectivity index (χ3v) is 26.1. The van der Waals surface area contributed by atoms with E-state index in [4.69, 9.17) is 33.2 Å². The van der Waals surface area contributed by atoms with Crippen molar-refractivity contribution in [3.8, 4) is 40.2 Å². The summed E-state index contributed by atoms with van der Waals surface area (Å²) >= 11 is 0. The molecule has 144 heavy (non-hydrogen) atoms. The first kappa shape index (κ1) is 115. The summed E-state index contributed by atoms with van der Waals surface area (Å²) in [6, 6.07) is 60.4. The highest BCUT2D eigenvalue weighted by Gasteiger charge is 2.29. The summed E-state index contributed by atoms with van der Waals surface area (Å²) in [5, 5.41) is 27.3. The fraction of sp³-hybridized carbons (Fsp3) is 0.371. The van der Waals surface area contributed by atoms with Crippen LogP contribution in [0.25, 0.3) is 0 Å². The lowest BCUT2D eigenvalue weighted by molar-refractivity contribution is -0.116. The van der Waals surface area contributed by atoms with E-state index in [2.05, 4.69) is 228 Å². The number of anilines is 6. The van der Waals surface area contributed by atoms with Crippen LogP contribution in [0.2, 0.25) is 0 Å². The van der Waals surface area contributed by atoms with E-state index < -0.39 is 0 Å². The highest BCUT2D eigenvalue weighted by molar-refractivity contribution is 5.95. The van der Waals surface area contributed by atoms with E-state index >= 15 is 0 Å². The quantitative estimate of drug-likeness (QED) is 0.0195. The predicted molar refractivity (Wildman–Crippen MR) is 590 cm³/mol. The number of carbonyl (C=O) groups excluding carboxylic acids is 6. The van der Waals surface area contributed by atoms with Crippen LogP contribution >= 0.6 is 0 Å². The van der Waals surface area contributed by atoms with Crippen molar-refractivity contribution in [1.82, 2.24) is 0 Å². The number of benzene rings is 12. The number of carbonyl (C=O) groups is 6. The van der Waals surface area contributed by atoms with Gasteiger partial charge in [-0.2, -0.15) is 0 Å². The smallest absolute Gasteiger partial charge is 0.224 e. The van der Waals surface area contributed by atoms with E-state index in [1.54, 1.807) is 6.92 Å². The van der Waals surface area contributed by atoms with Crippen molar-refractivity contribution >= 4 is 69.6 Å². The number of amides is 6. The van der Waals surface area contributed by atoms with E-state index in [-0.39, 0.29) is 42.0 Å². The maximum Gasteiger partial charge on any atom is 0.224 e. The third-order valence-electron chi connectivity index (χ3n) is 26.1. The summed E-state index contributed by atoms with van der Waals surface area (Å²) in [4.78, 5) is 70.6. The highest BCUT2D eigenvalue weighted by Crippen LogP contribution is 2.44. The number of hydrogen-bond acceptors (Lipinski definition) is 14. The van der Waals surface area contributed by atoms with Gasteiger partial charge in [-0.05, 0) is 377 Å². The summed E-state index contributed by atoms with van der Waals surface area (Å²) < 4.78 is 42.2. The van der Waals surface area contributed by atoms with Crippen molar-refractivity contribution in [3.05, 3.63) is 343 Å². The molecule has 0 unspecified atom stereocenters. The molecule has 13 rings (SSSR count). The molecule has 0 heterocycles. The number of aryl methyl sites for hydroxylation is 21. The van der Waals surface area contributed by atoms with Gasteiger partial charge in [-0.25, -0.2) is 0 Å². The molecule has 20 heteroatoms. The largest absolute Gasteiger partial charge is 0.493 e. The Kier molecular flexibility index (Phi) is 45.4. The van der Waals surface area contributed by atoms with Crippen LogP contribution < -0.4 is 65.1 Å². The van der Waals surface area contributed by atoms with Crippen LogP contribution in [0, 0.1) is 138 Å². The van der Waals surface area contributed by atoms with Crippen molar-refractivity contribution in [2.75, 3.05) is 38.5 Å². The molecule has 0 bridgehead atoms. The molecule has 0 spiro atoms. The average Bonchev–Trinajstić information content (AvgIpc) is 1.62. The predicted octanol–water partition coefficient (Wildman–Crippen LogP) is 29.2. The molecule has 0 atom stereocenters. The van der Waals surface area contributed by atoms with Crippen molar-refractivity contribution in [1.29, 1.82) is 0 Å². The molecular formula is C124H156N6O14. The van der Waals surface area contributed by atoms with E-state index in [0.29, 0.717) is 96.4 Å². The van der Waals surface area contributed by atoms with Gasteiger partial charge in [0.05, 0.1) is 24.5 Å². The monoisotopic (exact) mass is 1950 g/mol. The Morgan fingerprint density at radius 2 is 0.458 bits per heavy atom. The van der Waals surface area contributed by atoms with Gasteiger partial charge in [0, 0.05) is 94.8 Å². The zero-order valence-electron chi connectivity index (χ0n) is 90.7. The molecular weight excluding hydrogens is 1800 g/mol. The molecule has 1 aliphatic rings. The Morgan fingerprint density at radius 3 is 0.729 bits per heavy atom. The van der Waals surface area contributed by atoms with Crippen LogP contribution in [0.1, 0.15) is 274 Å². The molecule has 0 aromatic heterocycles. The minimum Gasteiger partial charge on any atom is -0.493 e. The number of hydrogen-bond donors (Lipinski definition) is 7. The molecule has 0 aliphatic heterocycles. The van der Waals surface area contributed by atoms with Gasteiger partial charge in [-0.15, -0.1) is 0 Å². The van der Waals surface area contributed by atoms with Crippen LogP contribution in [-0.2, 0) is 81.4 Å². The van der Waals surface area contributed by atoms with Crippen LogP contribution in [0.4, 0.5) is 34.1 Å². The van der Waals surface area contributed by atoms with E-state index in [1.807, 2.05) is 172 Å². The van der Waals surface area contributed by atoms with Gasteiger partial charge in [0.2, 0.25) is 35.4 Å². The molecule has 1 saturated carbocycles. The zero-order chi connectivity index (χ0) is 106. The van der Waals surface area contributed by atoms with Crippen LogP contribution in [0.3, 0.4) is 0 Å². The molecule has 12 aromatic carbocycles. The van der Waals surface area contributed by atoms with Gasteiger partial charge < -0.3 is 70.2 Å². The topological polar surface area (TPSA) is 259 Å². The van der Waals surface area contributed by atoms with Crippen molar-refractivity contribution in [2.24, 2.45) is 0 Å². The van der Waals surface area contributed by atoms with Gasteiger partial charge in [-0.1, -0.05) is 152 Å². The van der Waals surface area contributed by atoms with E-state index in [0.717, 1.165) is 159 Å². The fourth-order valence-corrected chi connectivity index (χ4v) is 16.0. The van der Waals surface area contributed by atoms with E-state index in [9.17, 15) is 33.9 Å². The second-order valence-corrected chi connectivity index (χ2v) is 37.3. The molecule has 0 saturated heterocycles. The number of rotatable bonds is 35. The Hall–Kier alpha value is -14.0. The summed E-state index contributed by atoms with van der Waals surface area (Å²) in [7, 11) is 0. The molecule has 1 fully saturated rings. The number of aliphatic hydroxyl groups excluding tert-OH is 1. The van der Waals surface area contributed by atoms with Crippen LogP contribution in [0.5, 0.6) is 40.2 Å². The van der Waals surface area contributed by atoms with E-state index in [1.165, 1.54) is 90.7 Å². The second kappa shape index (κ2) is 56.8. The first-order valence-electron chi connectivity index (χ1n) is 50.6. The van der Waals surface area contributed by atoms with Gasteiger partial charge in [-0.3, -0.25) is 28.8 Å². The van der Waals surface area contributed by atoms with Crippen molar-refractivity contribution in [3.63, 3.8) is 0 Å². The Morgan fingerprint density at radius 1 is 0.236 bits per heavy atom. The second-order valence-electron chi connectivity index (χ2n) is 37.3. The summed E-state index contributed by atoms with van der Waals surface area (Å²) in [5.41, 5.74) is 37.7. The standard InChI is InChI=1S/C22H27NO2.C21H27NO3.C21H27NO2.C20H25NO3.2C20H25NO2/c1-5-22(24)23-20-8-6-7-18(17-9-10-17)19(20)13-25-21-12-15(3)14(2)11-16(21)4;1-6-21(23)22-18-9-8-10-19(24-7-2)17(18)13-25-20-12-15(4)14(3)11-16(20)5;1-6-17-9-8-10-19(22-21(23)7-2)18(17)13-24-20-12-15(4)14(3)11-16(20)5;1-5-20(23)21-18-8-6-7-16(11-22)17(18)12-24-19-10-14(3)13(2)9-15(19)4;2*1-6-20(22)21-18-9-7-8-13(2)17(18)12-23-19-11-15(4)14(3)10-16(19)5/h6-8,11-12,17H,5,9-10,13H2,1-4H3,(H,23,24);8-12H,6-7,13H2,1-5H3,(H,22,23);8-12H,6-7,13H2,1-5H3,(H,22,23);6-10,22H,5,11-12H2,1-4H3,(H,21,23);2*7-11H,6,12H2,1-5H3,(H,21,22). The van der Waals surface area contributed by atoms with Crippen molar-refractivity contribution < 1.29 is 67.0 Å². The normalized spacial score (nSPS) is 11.0. The maximum absolute atomic E-state index is 11.9. The third kappa shape index (κ3) is 34.1. The van der Waals surface area contributed by atoms with Gasteiger partial charge in [0.25, 0.3) is 0 Å². The summed E-state index contributed by atoms with van der Waals surface area (Å²) in [6.45, 7) is 59.5. The Labute approximate surface area is 857 Å². The van der Waals surface area contributed by atoms with Crippen LogP contribution in [-0.4, -0.2) is 47.2 Å². The highest BCUT2D eigenvalue weighted by atomic mass is 16.5. The zero-order valence-corrected chi connectivity index (χ0v) is 90.7. The minimum absolute atomic E-state index is 0.0132. The molecule has 766 valence electrons.